The van der Waals surface area contributed by atoms with Crippen LogP contribution in [0.2, 0.25) is 0 Å². The monoisotopic (exact) mass is 350 g/mol. The van der Waals surface area contributed by atoms with Gasteiger partial charge in [-0.05, 0) is 60.7 Å². The molecule has 5 nitrogen and oxygen atoms in total. The second kappa shape index (κ2) is 6.41. The summed E-state index contributed by atoms with van der Waals surface area (Å²) in [5.74, 6) is -0.704. The summed E-state index contributed by atoms with van der Waals surface area (Å²) in [4.78, 5) is -0.122. The third-order valence-corrected chi connectivity index (χ3v) is 5.68. The van der Waals surface area contributed by atoms with Crippen LogP contribution in [0, 0.1) is 5.82 Å². The SMILES string of the molecule is COc1ccc(S(=O)(=O)NC2CCCc3cc(N)ccc32)cc1F. The van der Waals surface area contributed by atoms with E-state index >= 15 is 0 Å². The maximum atomic E-state index is 13.8. The third kappa shape index (κ3) is 3.22. The van der Waals surface area contributed by atoms with E-state index in [0.29, 0.717) is 12.1 Å². The van der Waals surface area contributed by atoms with Crippen molar-refractivity contribution < 1.29 is 17.5 Å². The molecule has 0 saturated carbocycles. The van der Waals surface area contributed by atoms with E-state index in [9.17, 15) is 12.8 Å². The first-order chi connectivity index (χ1) is 11.4. The average molecular weight is 350 g/mol. The summed E-state index contributed by atoms with van der Waals surface area (Å²) in [7, 11) is -2.51. The van der Waals surface area contributed by atoms with Crippen LogP contribution in [0.5, 0.6) is 5.75 Å². The van der Waals surface area contributed by atoms with Crippen LogP contribution in [-0.2, 0) is 16.4 Å². The van der Waals surface area contributed by atoms with Crippen LogP contribution >= 0.6 is 0 Å². The number of nitrogens with two attached hydrogens (primary N) is 1. The molecule has 3 rings (SSSR count). The number of methoxy groups -OCH3 is 1. The van der Waals surface area contributed by atoms with Gasteiger partial charge in [-0.1, -0.05) is 6.07 Å². The van der Waals surface area contributed by atoms with Crippen LogP contribution in [0.15, 0.2) is 41.3 Å². The largest absolute Gasteiger partial charge is 0.494 e. The molecule has 3 N–H and O–H groups in total. The molecule has 7 heteroatoms. The number of aryl methyl sites for hydroxylation is 1. The van der Waals surface area contributed by atoms with E-state index in [2.05, 4.69) is 4.72 Å². The molecule has 0 fully saturated rings. The minimum atomic E-state index is -3.84. The number of rotatable bonds is 4. The first-order valence-electron chi connectivity index (χ1n) is 7.65. The number of fused-ring (bicyclic) bond motifs is 1. The second-order valence-electron chi connectivity index (χ2n) is 5.82. The van der Waals surface area contributed by atoms with E-state index < -0.39 is 15.8 Å². The van der Waals surface area contributed by atoms with Gasteiger partial charge in [0.05, 0.1) is 12.0 Å². The van der Waals surface area contributed by atoms with E-state index in [0.717, 1.165) is 30.0 Å². The van der Waals surface area contributed by atoms with Crippen molar-refractivity contribution in [1.29, 1.82) is 0 Å². The molecule has 0 saturated heterocycles. The topological polar surface area (TPSA) is 81.4 Å². The lowest BCUT2D eigenvalue weighted by atomic mass is 9.88. The molecule has 128 valence electrons. The van der Waals surface area contributed by atoms with Gasteiger partial charge in [-0.15, -0.1) is 0 Å². The summed E-state index contributed by atoms with van der Waals surface area (Å²) < 4.78 is 46.5. The van der Waals surface area contributed by atoms with Crippen LogP contribution in [0.4, 0.5) is 10.1 Å². The molecule has 1 atom stereocenters. The Morgan fingerprint density at radius 3 is 2.75 bits per heavy atom. The van der Waals surface area contributed by atoms with Crippen molar-refractivity contribution in [2.75, 3.05) is 12.8 Å². The van der Waals surface area contributed by atoms with Gasteiger partial charge in [0.1, 0.15) is 0 Å². The molecular formula is C17H19FN2O3S. The Balaban J connectivity index is 1.90. The maximum Gasteiger partial charge on any atom is 0.241 e. The molecule has 0 heterocycles. The Labute approximate surface area is 140 Å². The van der Waals surface area contributed by atoms with Crippen molar-refractivity contribution in [1.82, 2.24) is 4.72 Å². The van der Waals surface area contributed by atoms with Crippen molar-refractivity contribution in [2.24, 2.45) is 0 Å². The molecule has 2 aromatic carbocycles. The molecule has 1 unspecified atom stereocenters. The zero-order chi connectivity index (χ0) is 17.3. The molecule has 0 aromatic heterocycles. The number of anilines is 1. The van der Waals surface area contributed by atoms with Gasteiger partial charge in [-0.2, -0.15) is 0 Å². The molecular weight excluding hydrogens is 331 g/mol. The first kappa shape index (κ1) is 16.7. The molecule has 1 aliphatic rings. The average Bonchev–Trinajstić information content (AvgIpc) is 2.54. The first-order valence-corrected chi connectivity index (χ1v) is 9.13. The van der Waals surface area contributed by atoms with E-state index in [1.54, 1.807) is 6.07 Å². The highest BCUT2D eigenvalue weighted by molar-refractivity contribution is 7.89. The normalized spacial score (nSPS) is 17.3. The van der Waals surface area contributed by atoms with E-state index in [1.165, 1.54) is 19.2 Å². The van der Waals surface area contributed by atoms with Gasteiger partial charge in [-0.25, -0.2) is 17.5 Å². The summed E-state index contributed by atoms with van der Waals surface area (Å²) in [6, 6.07) is 8.75. The molecule has 0 radical (unpaired) electrons. The Hall–Kier alpha value is -2.12. The Kier molecular flexibility index (Phi) is 4.47. The summed E-state index contributed by atoms with van der Waals surface area (Å²) in [5.41, 5.74) is 8.43. The van der Waals surface area contributed by atoms with Crippen molar-refractivity contribution in [3.05, 3.63) is 53.3 Å². The fourth-order valence-corrected chi connectivity index (χ4v) is 4.29. The van der Waals surface area contributed by atoms with Gasteiger partial charge in [-0.3, -0.25) is 0 Å². The molecule has 1 aliphatic carbocycles. The number of halogens is 1. The van der Waals surface area contributed by atoms with Crippen LogP contribution in [0.3, 0.4) is 0 Å². The van der Waals surface area contributed by atoms with Crippen LogP contribution in [0.1, 0.15) is 30.0 Å². The number of nitrogens with one attached hydrogen (secondary N) is 1. The molecule has 0 spiro atoms. The standard InChI is InChI=1S/C17H19FN2O3S/c1-23-17-8-6-13(10-15(17)18)24(21,22)20-16-4-2-3-11-9-12(19)5-7-14(11)16/h5-10,16,20H,2-4,19H2,1H3. The molecule has 2 aromatic rings. The van der Waals surface area contributed by atoms with Gasteiger partial charge < -0.3 is 10.5 Å². The second-order valence-corrected chi connectivity index (χ2v) is 7.53. The lowest BCUT2D eigenvalue weighted by molar-refractivity contribution is 0.385. The van der Waals surface area contributed by atoms with Gasteiger partial charge in [0.25, 0.3) is 0 Å². The highest BCUT2D eigenvalue weighted by Crippen LogP contribution is 2.32. The zero-order valence-corrected chi connectivity index (χ0v) is 14.1. The number of hydrogen-bond donors (Lipinski definition) is 2. The Morgan fingerprint density at radius 2 is 2.04 bits per heavy atom. The van der Waals surface area contributed by atoms with Crippen LogP contribution < -0.4 is 15.2 Å². The van der Waals surface area contributed by atoms with E-state index in [-0.39, 0.29) is 16.7 Å². The molecule has 0 aliphatic heterocycles. The van der Waals surface area contributed by atoms with Crippen molar-refractivity contribution in [2.45, 2.75) is 30.2 Å². The highest BCUT2D eigenvalue weighted by atomic mass is 32.2. The highest BCUT2D eigenvalue weighted by Gasteiger charge is 2.26. The zero-order valence-electron chi connectivity index (χ0n) is 13.3. The molecule has 0 amide bonds. The minimum Gasteiger partial charge on any atom is -0.494 e. The number of nitrogen functional groups attached to an aromatic ring is 1. The number of benzene rings is 2. The quantitative estimate of drug-likeness (QED) is 0.831. The van der Waals surface area contributed by atoms with Gasteiger partial charge in [0, 0.05) is 11.7 Å². The summed E-state index contributed by atoms with van der Waals surface area (Å²) >= 11 is 0. The Morgan fingerprint density at radius 1 is 1.25 bits per heavy atom. The molecule has 0 bridgehead atoms. The van der Waals surface area contributed by atoms with Crippen LogP contribution in [0.25, 0.3) is 0 Å². The van der Waals surface area contributed by atoms with Crippen molar-refractivity contribution in [3.8, 4) is 5.75 Å². The van der Waals surface area contributed by atoms with Crippen LogP contribution in [-0.4, -0.2) is 15.5 Å². The summed E-state index contributed by atoms with van der Waals surface area (Å²) in [6.07, 6.45) is 2.42. The van der Waals surface area contributed by atoms with Gasteiger partial charge >= 0.3 is 0 Å². The van der Waals surface area contributed by atoms with Crippen molar-refractivity contribution >= 4 is 15.7 Å². The maximum absolute atomic E-state index is 13.8. The predicted octanol–water partition coefficient (Wildman–Crippen LogP) is 2.77. The number of sulfonamides is 1. The fourth-order valence-electron chi connectivity index (χ4n) is 3.03. The van der Waals surface area contributed by atoms with E-state index in [4.69, 9.17) is 10.5 Å². The number of hydrogen-bond acceptors (Lipinski definition) is 4. The van der Waals surface area contributed by atoms with Gasteiger partial charge in [0.2, 0.25) is 10.0 Å². The summed E-state index contributed by atoms with van der Waals surface area (Å²) in [5, 5.41) is 0. The third-order valence-electron chi connectivity index (χ3n) is 4.21. The Bertz CT molecular complexity index is 868. The van der Waals surface area contributed by atoms with Gasteiger partial charge in [0.15, 0.2) is 11.6 Å². The molecule has 24 heavy (non-hydrogen) atoms. The predicted molar refractivity (Wildman–Crippen MR) is 89.8 cm³/mol. The summed E-state index contributed by atoms with van der Waals surface area (Å²) in [6.45, 7) is 0. The fraction of sp³-hybridized carbons (Fsp3) is 0.294. The van der Waals surface area contributed by atoms with E-state index in [1.807, 2.05) is 12.1 Å². The smallest absolute Gasteiger partial charge is 0.241 e. The van der Waals surface area contributed by atoms with Crippen molar-refractivity contribution in [3.63, 3.8) is 0 Å². The minimum absolute atomic E-state index is 0.00689. The number of ether oxygens (including phenoxy) is 1. The lowest BCUT2D eigenvalue weighted by Gasteiger charge is -2.26. The lowest BCUT2D eigenvalue weighted by Crippen LogP contribution is -2.31.